The highest BCUT2D eigenvalue weighted by molar-refractivity contribution is 7.92. The fourth-order valence-electron chi connectivity index (χ4n) is 3.25. The number of rotatable bonds is 7. The van der Waals surface area contributed by atoms with Gasteiger partial charge in [0.05, 0.1) is 16.8 Å². The Labute approximate surface area is 162 Å². The summed E-state index contributed by atoms with van der Waals surface area (Å²) in [6, 6.07) is 8.94. The third-order valence-corrected chi connectivity index (χ3v) is 6.31. The third-order valence-electron chi connectivity index (χ3n) is 4.79. The van der Waals surface area contributed by atoms with E-state index in [2.05, 4.69) is 21.1 Å². The first kappa shape index (κ1) is 19.4. The Balaban J connectivity index is 1.60. The number of nitrogens with one attached hydrogen (secondary N) is 2. The zero-order valence-corrected chi connectivity index (χ0v) is 16.8. The first-order chi connectivity index (χ1) is 12.9. The highest BCUT2D eigenvalue weighted by Gasteiger charge is 2.17. The fraction of sp³-hybridized carbons (Fsp3) is 0.381. The molecule has 0 saturated heterocycles. The van der Waals surface area contributed by atoms with Crippen LogP contribution in [0.3, 0.4) is 0 Å². The zero-order valence-electron chi connectivity index (χ0n) is 16.0. The van der Waals surface area contributed by atoms with Crippen LogP contribution in [0.1, 0.15) is 43.2 Å². The maximum Gasteiger partial charge on any atom is 0.262 e. The van der Waals surface area contributed by atoms with Crippen molar-refractivity contribution in [1.82, 2.24) is 4.98 Å². The molecule has 0 unspecified atom stereocenters. The Morgan fingerprint density at radius 3 is 2.67 bits per heavy atom. The number of aryl methyl sites for hydroxylation is 2. The lowest BCUT2D eigenvalue weighted by Gasteiger charge is -2.14. The molecule has 2 aromatic rings. The minimum Gasteiger partial charge on any atom is -0.370 e. The molecule has 1 aromatic carbocycles. The quantitative estimate of drug-likeness (QED) is 0.672. The summed E-state index contributed by atoms with van der Waals surface area (Å²) in [6.45, 7) is 4.51. The predicted octanol–water partition coefficient (Wildman–Crippen LogP) is 4.80. The van der Waals surface area contributed by atoms with E-state index in [-0.39, 0.29) is 0 Å². The van der Waals surface area contributed by atoms with Crippen LogP contribution >= 0.6 is 0 Å². The smallest absolute Gasteiger partial charge is 0.262 e. The van der Waals surface area contributed by atoms with Gasteiger partial charge in [-0.1, -0.05) is 23.8 Å². The molecule has 0 aliphatic heterocycles. The van der Waals surface area contributed by atoms with Gasteiger partial charge in [-0.15, -0.1) is 0 Å². The van der Waals surface area contributed by atoms with E-state index in [4.69, 9.17) is 0 Å². The molecule has 0 atom stereocenters. The van der Waals surface area contributed by atoms with Crippen molar-refractivity contribution in [2.75, 3.05) is 16.6 Å². The normalized spacial score (nSPS) is 14.5. The maximum atomic E-state index is 12.6. The first-order valence-electron chi connectivity index (χ1n) is 9.42. The molecule has 6 heteroatoms. The molecule has 0 fully saturated rings. The van der Waals surface area contributed by atoms with E-state index in [9.17, 15) is 8.42 Å². The van der Waals surface area contributed by atoms with Gasteiger partial charge < -0.3 is 5.32 Å². The van der Waals surface area contributed by atoms with Crippen molar-refractivity contribution in [2.45, 2.75) is 50.8 Å². The van der Waals surface area contributed by atoms with Gasteiger partial charge in [-0.05, 0) is 75.3 Å². The van der Waals surface area contributed by atoms with Crippen molar-refractivity contribution in [3.8, 4) is 0 Å². The lowest BCUT2D eigenvalue weighted by molar-refractivity contribution is 0.600. The fourth-order valence-corrected chi connectivity index (χ4v) is 4.62. The van der Waals surface area contributed by atoms with Gasteiger partial charge in [0.15, 0.2) is 0 Å². The summed E-state index contributed by atoms with van der Waals surface area (Å²) in [6.07, 6.45) is 9.92. The number of benzene rings is 1. The van der Waals surface area contributed by atoms with E-state index < -0.39 is 10.0 Å². The molecule has 27 heavy (non-hydrogen) atoms. The number of pyridine rings is 1. The van der Waals surface area contributed by atoms with Crippen LogP contribution in [0.5, 0.6) is 0 Å². The van der Waals surface area contributed by atoms with Crippen LogP contribution in [0.15, 0.2) is 53.1 Å². The largest absolute Gasteiger partial charge is 0.370 e. The molecule has 0 radical (unpaired) electrons. The minimum absolute atomic E-state index is 0.297. The second-order valence-electron chi connectivity index (χ2n) is 7.09. The van der Waals surface area contributed by atoms with Crippen molar-refractivity contribution in [2.24, 2.45) is 0 Å². The molecule has 1 aliphatic carbocycles. The molecule has 5 nitrogen and oxygen atoms in total. The first-order valence-corrected chi connectivity index (χ1v) is 10.9. The Bertz CT molecular complexity index is 919. The topological polar surface area (TPSA) is 71.1 Å². The SMILES string of the molecule is Cc1ccc(C)c(S(=O)(=O)Nc2ccc(NCCC3=CCCCC3)nc2)c1. The Morgan fingerprint density at radius 1 is 1.11 bits per heavy atom. The Morgan fingerprint density at radius 2 is 1.96 bits per heavy atom. The van der Waals surface area contributed by atoms with Gasteiger partial charge in [-0.3, -0.25) is 4.72 Å². The summed E-state index contributed by atoms with van der Waals surface area (Å²) < 4.78 is 27.9. The summed E-state index contributed by atoms with van der Waals surface area (Å²) in [5.74, 6) is 0.751. The van der Waals surface area contributed by atoms with Crippen LogP contribution in [0.25, 0.3) is 0 Å². The Hall–Kier alpha value is -2.34. The summed E-state index contributed by atoms with van der Waals surface area (Å²) in [5.41, 5.74) is 3.60. The van der Waals surface area contributed by atoms with E-state index in [1.54, 1.807) is 31.3 Å². The average molecular weight is 386 g/mol. The zero-order chi connectivity index (χ0) is 19.3. The molecule has 0 amide bonds. The number of aromatic nitrogens is 1. The van der Waals surface area contributed by atoms with Crippen molar-refractivity contribution in [1.29, 1.82) is 0 Å². The predicted molar refractivity (Wildman–Crippen MR) is 111 cm³/mol. The number of anilines is 2. The molecule has 0 bridgehead atoms. The van der Waals surface area contributed by atoms with E-state index in [1.807, 2.05) is 19.1 Å². The van der Waals surface area contributed by atoms with Crippen LogP contribution in [-0.2, 0) is 10.0 Å². The minimum atomic E-state index is -3.63. The van der Waals surface area contributed by atoms with E-state index in [1.165, 1.54) is 31.3 Å². The van der Waals surface area contributed by atoms with Crippen LogP contribution in [0.4, 0.5) is 11.5 Å². The Kier molecular flexibility index (Phi) is 6.16. The van der Waals surface area contributed by atoms with Crippen molar-refractivity contribution in [3.05, 3.63) is 59.3 Å². The standard InChI is InChI=1S/C21H27N3O2S/c1-16-8-9-17(2)20(14-16)27(25,26)24-19-10-11-21(23-15-19)22-13-12-18-6-4-3-5-7-18/h6,8-11,14-15,24H,3-5,7,12-13H2,1-2H3,(H,22,23). The van der Waals surface area contributed by atoms with Gasteiger partial charge in [0, 0.05) is 6.54 Å². The van der Waals surface area contributed by atoms with E-state index >= 15 is 0 Å². The maximum absolute atomic E-state index is 12.6. The highest BCUT2D eigenvalue weighted by Crippen LogP contribution is 2.22. The number of allylic oxidation sites excluding steroid dienone is 1. The van der Waals surface area contributed by atoms with Crippen molar-refractivity contribution in [3.63, 3.8) is 0 Å². The van der Waals surface area contributed by atoms with Crippen molar-refractivity contribution >= 4 is 21.5 Å². The molecule has 1 aliphatic rings. The van der Waals surface area contributed by atoms with E-state index in [0.29, 0.717) is 10.6 Å². The van der Waals surface area contributed by atoms with Gasteiger partial charge in [0.1, 0.15) is 5.82 Å². The van der Waals surface area contributed by atoms with Gasteiger partial charge in [-0.2, -0.15) is 0 Å². The van der Waals surface area contributed by atoms with Gasteiger partial charge in [0.25, 0.3) is 10.0 Å². The highest BCUT2D eigenvalue weighted by atomic mass is 32.2. The molecule has 3 rings (SSSR count). The van der Waals surface area contributed by atoms with Gasteiger partial charge >= 0.3 is 0 Å². The van der Waals surface area contributed by atoms with Crippen LogP contribution in [0.2, 0.25) is 0 Å². The number of hydrogen-bond acceptors (Lipinski definition) is 4. The molecular weight excluding hydrogens is 358 g/mol. The lowest BCUT2D eigenvalue weighted by atomic mass is 9.97. The van der Waals surface area contributed by atoms with E-state index in [0.717, 1.165) is 29.9 Å². The lowest BCUT2D eigenvalue weighted by Crippen LogP contribution is -2.15. The van der Waals surface area contributed by atoms with Gasteiger partial charge in [0.2, 0.25) is 0 Å². The molecule has 0 spiro atoms. The van der Waals surface area contributed by atoms with Crippen molar-refractivity contribution < 1.29 is 8.42 Å². The third kappa shape index (κ3) is 5.32. The number of hydrogen-bond donors (Lipinski definition) is 2. The number of nitrogens with zero attached hydrogens (tertiary/aromatic N) is 1. The monoisotopic (exact) mass is 385 g/mol. The molecule has 1 aromatic heterocycles. The molecule has 2 N–H and O–H groups in total. The van der Waals surface area contributed by atoms with Crippen LogP contribution in [0, 0.1) is 13.8 Å². The molecule has 1 heterocycles. The van der Waals surface area contributed by atoms with Crippen LogP contribution < -0.4 is 10.0 Å². The molecule has 144 valence electrons. The van der Waals surface area contributed by atoms with Gasteiger partial charge in [-0.25, -0.2) is 13.4 Å². The van der Waals surface area contributed by atoms with Crippen LogP contribution in [-0.4, -0.2) is 19.9 Å². The molecule has 0 saturated carbocycles. The number of sulfonamides is 1. The average Bonchev–Trinajstić information content (AvgIpc) is 2.66. The summed E-state index contributed by atoms with van der Waals surface area (Å²) in [4.78, 5) is 4.62. The molecular formula is C21H27N3O2S. The summed E-state index contributed by atoms with van der Waals surface area (Å²) in [7, 11) is -3.63. The second kappa shape index (κ2) is 8.57. The second-order valence-corrected chi connectivity index (χ2v) is 8.74. The summed E-state index contributed by atoms with van der Waals surface area (Å²) in [5, 5.41) is 3.30. The summed E-state index contributed by atoms with van der Waals surface area (Å²) >= 11 is 0.